The third kappa shape index (κ3) is 3.05. The summed E-state index contributed by atoms with van der Waals surface area (Å²) >= 11 is 0. The van der Waals surface area contributed by atoms with Gasteiger partial charge in [-0.3, -0.25) is 9.59 Å². The Morgan fingerprint density at radius 2 is 2.12 bits per heavy atom. The molecule has 1 aliphatic heterocycles. The van der Waals surface area contributed by atoms with Crippen molar-refractivity contribution < 1.29 is 18.7 Å². The molecule has 3 rings (SSSR count). The number of nitrogens with one attached hydrogen (secondary N) is 1. The lowest BCUT2D eigenvalue weighted by Gasteiger charge is -2.17. The van der Waals surface area contributed by atoms with E-state index >= 15 is 0 Å². The molecule has 1 atom stereocenters. The summed E-state index contributed by atoms with van der Waals surface area (Å²) in [6.45, 7) is 0.133. The number of carbonyl (C=O) groups is 2. The Morgan fingerprint density at radius 1 is 1.33 bits per heavy atom. The largest absolute Gasteiger partial charge is 0.480 e. The lowest BCUT2D eigenvalue weighted by Crippen LogP contribution is -2.28. The van der Waals surface area contributed by atoms with Crippen LogP contribution >= 0.6 is 0 Å². The summed E-state index contributed by atoms with van der Waals surface area (Å²) in [7, 11) is 1.46. The van der Waals surface area contributed by atoms with Crippen molar-refractivity contribution >= 4 is 23.2 Å². The average molecular weight is 329 g/mol. The van der Waals surface area contributed by atoms with Crippen LogP contribution in [0.5, 0.6) is 5.88 Å². The van der Waals surface area contributed by atoms with Crippen LogP contribution in [0.2, 0.25) is 0 Å². The highest BCUT2D eigenvalue weighted by Gasteiger charge is 2.36. The van der Waals surface area contributed by atoms with Gasteiger partial charge < -0.3 is 15.0 Å². The molecular formula is C17H16FN3O3. The van der Waals surface area contributed by atoms with Crippen molar-refractivity contribution in [1.29, 1.82) is 0 Å². The van der Waals surface area contributed by atoms with Gasteiger partial charge in [0.15, 0.2) is 0 Å². The number of amides is 2. The molecule has 1 fully saturated rings. The van der Waals surface area contributed by atoms with E-state index in [4.69, 9.17) is 4.74 Å². The molecule has 6 nitrogen and oxygen atoms in total. The predicted molar refractivity (Wildman–Crippen MR) is 86.3 cm³/mol. The Kier molecular flexibility index (Phi) is 4.41. The molecule has 0 bridgehead atoms. The number of nitrogens with zero attached hydrogens (tertiary/aromatic N) is 2. The average Bonchev–Trinajstić information content (AvgIpc) is 2.97. The molecular weight excluding hydrogens is 313 g/mol. The Hall–Kier alpha value is -2.96. The first-order valence-electron chi connectivity index (χ1n) is 7.45. The fraction of sp³-hybridized carbons (Fsp3) is 0.235. The van der Waals surface area contributed by atoms with Crippen LogP contribution < -0.4 is 15.0 Å². The third-order valence-corrected chi connectivity index (χ3v) is 3.86. The molecule has 1 aromatic heterocycles. The van der Waals surface area contributed by atoms with Crippen molar-refractivity contribution in [2.24, 2.45) is 5.92 Å². The summed E-state index contributed by atoms with van der Waals surface area (Å²) in [5.74, 6) is -1.36. The van der Waals surface area contributed by atoms with E-state index in [1.54, 1.807) is 30.5 Å². The molecule has 0 radical (unpaired) electrons. The lowest BCUT2D eigenvalue weighted by atomic mass is 10.1. The fourth-order valence-electron chi connectivity index (χ4n) is 2.67. The number of hydrogen-bond acceptors (Lipinski definition) is 4. The second-order valence-corrected chi connectivity index (χ2v) is 5.41. The number of benzene rings is 1. The van der Waals surface area contributed by atoms with E-state index in [0.29, 0.717) is 11.6 Å². The smallest absolute Gasteiger partial charge is 0.237 e. The molecule has 1 N–H and O–H groups in total. The predicted octanol–water partition coefficient (Wildman–Crippen LogP) is 2.22. The van der Waals surface area contributed by atoms with Crippen molar-refractivity contribution in [3.63, 3.8) is 0 Å². The molecule has 1 aromatic carbocycles. The first kappa shape index (κ1) is 15.9. The molecule has 1 aliphatic rings. The lowest BCUT2D eigenvalue weighted by molar-refractivity contribution is -0.122. The zero-order valence-corrected chi connectivity index (χ0v) is 13.0. The standard InChI is InChI=1S/C17H16FN3O3/c1-24-17-13(6-4-8-19-17)20-16(23)11-9-15(22)21(10-11)14-7-3-2-5-12(14)18/h2-8,11H,9-10H2,1H3,(H,20,23). The molecule has 2 amide bonds. The summed E-state index contributed by atoms with van der Waals surface area (Å²) in [5.41, 5.74) is 0.624. The normalized spacial score (nSPS) is 17.0. The first-order chi connectivity index (χ1) is 11.6. The minimum atomic E-state index is -0.568. The monoisotopic (exact) mass is 329 g/mol. The minimum Gasteiger partial charge on any atom is -0.480 e. The number of aromatic nitrogens is 1. The summed E-state index contributed by atoms with van der Waals surface area (Å²) in [6, 6.07) is 9.35. The van der Waals surface area contributed by atoms with Gasteiger partial charge in [0.25, 0.3) is 0 Å². The summed E-state index contributed by atoms with van der Waals surface area (Å²) in [4.78, 5) is 29.9. The van der Waals surface area contributed by atoms with Crippen LogP contribution in [0.25, 0.3) is 0 Å². The van der Waals surface area contributed by atoms with Crippen molar-refractivity contribution in [3.8, 4) is 5.88 Å². The van der Waals surface area contributed by atoms with Crippen molar-refractivity contribution in [2.75, 3.05) is 23.9 Å². The molecule has 7 heteroatoms. The van der Waals surface area contributed by atoms with Crippen molar-refractivity contribution in [2.45, 2.75) is 6.42 Å². The topological polar surface area (TPSA) is 71.5 Å². The number of carbonyl (C=O) groups excluding carboxylic acids is 2. The molecule has 124 valence electrons. The highest BCUT2D eigenvalue weighted by atomic mass is 19.1. The molecule has 0 spiro atoms. The number of hydrogen-bond donors (Lipinski definition) is 1. The van der Waals surface area contributed by atoms with Gasteiger partial charge in [-0.05, 0) is 24.3 Å². The van der Waals surface area contributed by atoms with Gasteiger partial charge in [0.1, 0.15) is 11.5 Å². The maximum Gasteiger partial charge on any atom is 0.237 e. The Bertz CT molecular complexity index is 781. The first-order valence-corrected chi connectivity index (χ1v) is 7.45. The number of pyridine rings is 1. The Labute approximate surface area is 138 Å². The van der Waals surface area contributed by atoms with Gasteiger partial charge in [0.2, 0.25) is 17.7 Å². The van der Waals surface area contributed by atoms with Gasteiger partial charge in [-0.25, -0.2) is 9.37 Å². The molecule has 1 unspecified atom stereocenters. The molecule has 24 heavy (non-hydrogen) atoms. The highest BCUT2D eigenvalue weighted by molar-refractivity contribution is 6.03. The molecule has 2 heterocycles. The van der Waals surface area contributed by atoms with Crippen LogP contribution in [-0.2, 0) is 9.59 Å². The van der Waals surface area contributed by atoms with Crippen LogP contribution in [-0.4, -0.2) is 30.5 Å². The van der Waals surface area contributed by atoms with Crippen molar-refractivity contribution in [3.05, 3.63) is 48.4 Å². The van der Waals surface area contributed by atoms with E-state index < -0.39 is 11.7 Å². The number of para-hydroxylation sites is 1. The highest BCUT2D eigenvalue weighted by Crippen LogP contribution is 2.29. The molecule has 2 aromatic rings. The Balaban J connectivity index is 1.74. The fourth-order valence-corrected chi connectivity index (χ4v) is 2.67. The van der Waals surface area contributed by atoms with Crippen LogP contribution in [0.1, 0.15) is 6.42 Å². The van der Waals surface area contributed by atoms with E-state index in [0.717, 1.165) is 0 Å². The number of anilines is 2. The summed E-state index contributed by atoms with van der Waals surface area (Å²) in [5, 5.41) is 2.71. The summed E-state index contributed by atoms with van der Waals surface area (Å²) in [6.07, 6.45) is 1.58. The van der Waals surface area contributed by atoms with Crippen LogP contribution in [0.4, 0.5) is 15.8 Å². The number of methoxy groups -OCH3 is 1. The second kappa shape index (κ2) is 6.66. The van der Waals surface area contributed by atoms with Gasteiger partial charge in [-0.2, -0.15) is 0 Å². The van der Waals surface area contributed by atoms with E-state index in [1.165, 1.54) is 24.1 Å². The van der Waals surface area contributed by atoms with Gasteiger partial charge in [0.05, 0.1) is 18.7 Å². The number of rotatable bonds is 4. The van der Waals surface area contributed by atoms with Gasteiger partial charge in [-0.1, -0.05) is 12.1 Å². The molecule has 0 saturated carbocycles. The third-order valence-electron chi connectivity index (χ3n) is 3.86. The van der Waals surface area contributed by atoms with E-state index in [2.05, 4.69) is 10.3 Å². The van der Waals surface area contributed by atoms with E-state index in [9.17, 15) is 14.0 Å². The maximum absolute atomic E-state index is 13.9. The quantitative estimate of drug-likeness (QED) is 0.934. The number of halogens is 1. The Morgan fingerprint density at radius 3 is 2.88 bits per heavy atom. The van der Waals surface area contributed by atoms with Gasteiger partial charge in [0, 0.05) is 19.2 Å². The maximum atomic E-state index is 13.9. The van der Waals surface area contributed by atoms with Gasteiger partial charge in [-0.15, -0.1) is 0 Å². The van der Waals surface area contributed by atoms with Crippen LogP contribution in [0.15, 0.2) is 42.6 Å². The van der Waals surface area contributed by atoms with E-state index in [1.807, 2.05) is 0 Å². The molecule has 1 saturated heterocycles. The van der Waals surface area contributed by atoms with Crippen molar-refractivity contribution in [1.82, 2.24) is 4.98 Å². The SMILES string of the molecule is COc1ncccc1NC(=O)C1CC(=O)N(c2ccccc2F)C1. The zero-order chi connectivity index (χ0) is 17.1. The number of ether oxygens (including phenoxy) is 1. The van der Waals surface area contributed by atoms with Gasteiger partial charge >= 0.3 is 0 Å². The van der Waals surface area contributed by atoms with Crippen LogP contribution in [0.3, 0.4) is 0 Å². The summed E-state index contributed by atoms with van der Waals surface area (Å²) < 4.78 is 19.0. The van der Waals surface area contributed by atoms with Crippen LogP contribution in [0, 0.1) is 11.7 Å². The zero-order valence-electron chi connectivity index (χ0n) is 13.0. The molecule has 0 aliphatic carbocycles. The second-order valence-electron chi connectivity index (χ2n) is 5.41. The van der Waals surface area contributed by atoms with E-state index in [-0.39, 0.29) is 30.5 Å². The minimum absolute atomic E-state index is 0.0305.